The molecule has 4 N–H and O–H groups in total. The number of hydrogen-bond acceptors (Lipinski definition) is 7. The second kappa shape index (κ2) is 5.91. The van der Waals surface area contributed by atoms with Crippen LogP contribution in [0.4, 0.5) is 4.39 Å². The van der Waals surface area contributed by atoms with E-state index in [4.69, 9.17) is 14.7 Å². The molecular formula is C25H29FN2O5. The van der Waals surface area contributed by atoms with Crippen LogP contribution in [0.2, 0.25) is 0 Å². The summed E-state index contributed by atoms with van der Waals surface area (Å²) in [5.41, 5.74) is -0.740. The van der Waals surface area contributed by atoms with Gasteiger partial charge < -0.3 is 25.2 Å². The molecule has 4 aliphatic carbocycles. The Hall–Kier alpha value is -1.71. The number of halogens is 1. The third-order valence-corrected chi connectivity index (χ3v) is 10.2. The lowest BCUT2D eigenvalue weighted by atomic mass is 9.35. The predicted octanol–water partition coefficient (Wildman–Crippen LogP) is 1.75. The molecule has 0 amide bonds. The molecule has 6 aliphatic rings. The zero-order valence-corrected chi connectivity index (χ0v) is 18.7. The number of benzene rings is 1. The topological polar surface area (TPSA) is 116 Å². The van der Waals surface area contributed by atoms with Crippen LogP contribution < -0.4 is 0 Å². The van der Waals surface area contributed by atoms with Crippen LogP contribution in [0, 0.1) is 28.5 Å². The zero-order chi connectivity index (χ0) is 23.1. The number of aliphatic hydroxyl groups is 4. The Morgan fingerprint density at radius 1 is 1.03 bits per heavy atom. The number of ether oxygens (including phenoxy) is 1. The Balaban J connectivity index is 1.55. The van der Waals surface area contributed by atoms with Crippen molar-refractivity contribution in [2.24, 2.45) is 22.7 Å². The van der Waals surface area contributed by atoms with E-state index in [9.17, 15) is 24.8 Å². The average molecular weight is 457 g/mol. The number of fused-ring (bicyclic) bond motifs is 5. The second-order valence-corrected chi connectivity index (χ2v) is 11.7. The highest BCUT2D eigenvalue weighted by molar-refractivity contribution is 5.75. The summed E-state index contributed by atoms with van der Waals surface area (Å²) in [6.45, 7) is 4.29. The summed E-state index contributed by atoms with van der Waals surface area (Å²) in [7, 11) is 0. The van der Waals surface area contributed by atoms with Crippen molar-refractivity contribution in [3.63, 3.8) is 0 Å². The number of aromatic nitrogens is 2. The lowest BCUT2D eigenvalue weighted by molar-refractivity contribution is -0.449. The second-order valence-electron chi connectivity index (χ2n) is 11.7. The molecule has 0 radical (unpaired) electrons. The molecule has 7 nitrogen and oxygen atoms in total. The molecule has 2 spiro atoms. The van der Waals surface area contributed by atoms with Crippen molar-refractivity contribution in [1.82, 2.24) is 9.97 Å². The van der Waals surface area contributed by atoms with Gasteiger partial charge in [-0.1, -0.05) is 13.8 Å². The van der Waals surface area contributed by atoms with E-state index >= 15 is 0 Å². The Kier molecular flexibility index (Phi) is 3.70. The van der Waals surface area contributed by atoms with Crippen LogP contribution in [0.5, 0.6) is 0 Å². The predicted molar refractivity (Wildman–Crippen MR) is 114 cm³/mol. The maximum atomic E-state index is 13.9. The zero-order valence-electron chi connectivity index (χ0n) is 18.7. The molecule has 3 unspecified atom stereocenters. The number of aliphatic hydroxyl groups excluding tert-OH is 3. The van der Waals surface area contributed by atoms with Crippen LogP contribution in [0.3, 0.4) is 0 Å². The summed E-state index contributed by atoms with van der Waals surface area (Å²) >= 11 is 0. The largest absolute Gasteiger partial charge is 0.392 e. The van der Waals surface area contributed by atoms with Gasteiger partial charge in [0.15, 0.2) is 0 Å². The summed E-state index contributed by atoms with van der Waals surface area (Å²) in [5, 5.41) is 47.2. The van der Waals surface area contributed by atoms with Crippen LogP contribution >= 0.6 is 0 Å². The highest BCUT2D eigenvalue weighted by Gasteiger charge is 2.85. The van der Waals surface area contributed by atoms with E-state index in [0.717, 1.165) is 6.42 Å². The van der Waals surface area contributed by atoms with E-state index < -0.39 is 52.6 Å². The smallest absolute Gasteiger partial charge is 0.206 e. The SMILES string of the molecule is CC1(C)CC[C@H](O)[C@]23CO[C@@](O)([C@@H](O)C12)C12c4nc5ccc(F)cc5nc4[C@H](CCC13)[C@H]2O. The van der Waals surface area contributed by atoms with Gasteiger partial charge in [0.05, 0.1) is 41.2 Å². The van der Waals surface area contributed by atoms with Crippen LogP contribution in [0.1, 0.15) is 56.8 Å². The monoisotopic (exact) mass is 456 g/mol. The molecule has 2 aliphatic heterocycles. The third kappa shape index (κ3) is 1.99. The van der Waals surface area contributed by atoms with Gasteiger partial charge >= 0.3 is 0 Å². The van der Waals surface area contributed by atoms with Crippen molar-refractivity contribution in [2.75, 3.05) is 6.61 Å². The van der Waals surface area contributed by atoms with E-state index in [2.05, 4.69) is 13.8 Å². The molecule has 1 aromatic carbocycles. The van der Waals surface area contributed by atoms with Crippen molar-refractivity contribution in [3.05, 3.63) is 35.4 Å². The van der Waals surface area contributed by atoms with Gasteiger partial charge in [0, 0.05) is 23.3 Å². The number of rotatable bonds is 0. The number of nitrogens with zero attached hydrogens (tertiary/aromatic N) is 2. The first kappa shape index (κ1) is 20.6. The Morgan fingerprint density at radius 3 is 2.61 bits per heavy atom. The van der Waals surface area contributed by atoms with Crippen LogP contribution in [-0.4, -0.2) is 61.1 Å². The minimum Gasteiger partial charge on any atom is -0.392 e. The first-order valence-electron chi connectivity index (χ1n) is 12.0. The van der Waals surface area contributed by atoms with Crippen LogP contribution in [0.25, 0.3) is 11.0 Å². The van der Waals surface area contributed by atoms with Gasteiger partial charge in [0.25, 0.3) is 0 Å². The fourth-order valence-electron chi connectivity index (χ4n) is 9.01. The molecule has 2 saturated heterocycles. The van der Waals surface area contributed by atoms with Gasteiger partial charge in [-0.05, 0) is 49.1 Å². The molecule has 4 bridgehead atoms. The third-order valence-electron chi connectivity index (χ3n) is 10.2. The van der Waals surface area contributed by atoms with Crippen LogP contribution in [0.15, 0.2) is 18.2 Å². The molecule has 5 fully saturated rings. The molecule has 33 heavy (non-hydrogen) atoms. The van der Waals surface area contributed by atoms with Gasteiger partial charge in [-0.25, -0.2) is 14.4 Å². The van der Waals surface area contributed by atoms with Crippen LogP contribution in [-0.2, 0) is 10.2 Å². The standard InChI is InChI=1S/C25H29FN2O5/c1-22(2)8-7-16(29)23-10-33-25(32,21(31)18(22)23)24-15(23)6-4-12(20(24)30)17-19(24)28-13-5-3-11(26)9-14(13)27-17/h3,5,9,12,15-16,18,20-21,29-32H,4,6-8,10H2,1-2H3/t12-,15?,16-,18?,20+,21-,23+,24?,25-/m0/s1. The molecule has 8 rings (SSSR count). The highest BCUT2D eigenvalue weighted by atomic mass is 19.1. The van der Waals surface area contributed by atoms with Gasteiger partial charge in [0.1, 0.15) is 17.3 Å². The van der Waals surface area contributed by atoms with Gasteiger partial charge in [-0.15, -0.1) is 0 Å². The maximum Gasteiger partial charge on any atom is 0.206 e. The Bertz CT molecular complexity index is 1210. The summed E-state index contributed by atoms with van der Waals surface area (Å²) < 4.78 is 20.0. The van der Waals surface area contributed by atoms with Crippen molar-refractivity contribution in [3.8, 4) is 0 Å². The van der Waals surface area contributed by atoms with Crippen molar-refractivity contribution < 1.29 is 29.6 Å². The van der Waals surface area contributed by atoms with E-state index in [0.29, 0.717) is 41.7 Å². The fourth-order valence-corrected chi connectivity index (χ4v) is 9.01. The molecule has 1 aromatic heterocycles. The molecule has 8 heteroatoms. The van der Waals surface area contributed by atoms with E-state index in [-0.39, 0.29) is 17.9 Å². The fraction of sp³-hybridized carbons (Fsp3) is 0.680. The molecule has 2 aromatic rings. The number of hydrogen-bond donors (Lipinski definition) is 4. The van der Waals surface area contributed by atoms with E-state index in [1.807, 2.05) is 0 Å². The average Bonchev–Trinajstić information content (AvgIpc) is 2.89. The van der Waals surface area contributed by atoms with Gasteiger partial charge in [-0.2, -0.15) is 0 Å². The van der Waals surface area contributed by atoms with E-state index in [1.54, 1.807) is 6.07 Å². The molecule has 9 atom stereocenters. The lowest BCUT2D eigenvalue weighted by Gasteiger charge is -2.75. The first-order chi connectivity index (χ1) is 15.6. The van der Waals surface area contributed by atoms with Gasteiger partial charge in [-0.3, -0.25) is 0 Å². The summed E-state index contributed by atoms with van der Waals surface area (Å²) in [5.74, 6) is -3.62. The molecule has 3 heterocycles. The summed E-state index contributed by atoms with van der Waals surface area (Å²) in [6.07, 6.45) is -0.561. The summed E-state index contributed by atoms with van der Waals surface area (Å²) in [4.78, 5) is 9.55. The maximum absolute atomic E-state index is 13.9. The Labute approximate surface area is 190 Å². The minimum absolute atomic E-state index is 0.126. The van der Waals surface area contributed by atoms with E-state index in [1.165, 1.54) is 12.1 Å². The Morgan fingerprint density at radius 2 is 1.82 bits per heavy atom. The quantitative estimate of drug-likeness (QED) is 0.477. The molecule has 176 valence electrons. The van der Waals surface area contributed by atoms with Crippen molar-refractivity contribution >= 4 is 11.0 Å². The first-order valence-corrected chi connectivity index (χ1v) is 12.0. The van der Waals surface area contributed by atoms with Crippen molar-refractivity contribution in [1.29, 1.82) is 0 Å². The summed E-state index contributed by atoms with van der Waals surface area (Å²) in [6, 6.07) is 4.17. The highest BCUT2D eigenvalue weighted by Crippen LogP contribution is 2.76. The minimum atomic E-state index is -2.07. The van der Waals surface area contributed by atoms with Gasteiger partial charge in [0.2, 0.25) is 5.79 Å². The molecule has 3 saturated carbocycles. The normalized spacial score (nSPS) is 48.9. The molecular weight excluding hydrogens is 427 g/mol. The lowest BCUT2D eigenvalue weighted by Crippen LogP contribution is -2.86. The van der Waals surface area contributed by atoms with Crippen molar-refractivity contribution in [2.45, 2.75) is 75.0 Å².